The predicted molar refractivity (Wildman–Crippen MR) is 127 cm³/mol. The van der Waals surface area contributed by atoms with Crippen molar-refractivity contribution >= 4 is 34.4 Å². The summed E-state index contributed by atoms with van der Waals surface area (Å²) in [5.41, 5.74) is 4.69. The van der Waals surface area contributed by atoms with E-state index in [1.54, 1.807) is 0 Å². The summed E-state index contributed by atoms with van der Waals surface area (Å²) in [5, 5.41) is 9.91. The van der Waals surface area contributed by atoms with Gasteiger partial charge in [0.05, 0.1) is 24.1 Å². The molecule has 7 rings (SSSR count). The molecule has 33 heavy (non-hydrogen) atoms. The fraction of sp³-hybridized carbons (Fsp3) is 0.391. The lowest BCUT2D eigenvalue weighted by molar-refractivity contribution is 0.153. The van der Waals surface area contributed by atoms with E-state index in [9.17, 15) is 0 Å². The summed E-state index contributed by atoms with van der Waals surface area (Å²) >= 11 is 6.30. The second kappa shape index (κ2) is 6.68. The van der Waals surface area contributed by atoms with Gasteiger partial charge in [-0.1, -0.05) is 11.6 Å². The molecule has 0 unspecified atom stereocenters. The molecule has 3 aliphatic rings. The average molecular weight is 462 g/mol. The van der Waals surface area contributed by atoms with Gasteiger partial charge in [0.15, 0.2) is 11.6 Å². The van der Waals surface area contributed by atoms with Gasteiger partial charge in [-0.25, -0.2) is 9.97 Å². The van der Waals surface area contributed by atoms with Crippen molar-refractivity contribution in [2.45, 2.75) is 13.1 Å². The Kier molecular flexibility index (Phi) is 3.91. The molecule has 0 N–H and O–H groups in total. The van der Waals surface area contributed by atoms with Crippen molar-refractivity contribution in [2.75, 3.05) is 43.0 Å². The third-order valence-corrected chi connectivity index (χ3v) is 7.39. The van der Waals surface area contributed by atoms with Gasteiger partial charge < -0.3 is 14.4 Å². The number of hydrogen-bond donors (Lipinski definition) is 0. The molecular weight excluding hydrogens is 438 g/mol. The first-order valence-corrected chi connectivity index (χ1v) is 11.6. The lowest BCUT2D eigenvalue weighted by atomic mass is 9.73. The van der Waals surface area contributed by atoms with Crippen LogP contribution in [0.1, 0.15) is 11.4 Å². The van der Waals surface area contributed by atoms with E-state index in [2.05, 4.69) is 58.6 Å². The fourth-order valence-electron chi connectivity index (χ4n) is 5.65. The summed E-state index contributed by atoms with van der Waals surface area (Å²) in [5.74, 6) is 2.89. The number of anilines is 2. The van der Waals surface area contributed by atoms with Gasteiger partial charge in [-0.3, -0.25) is 9.47 Å². The maximum Gasteiger partial charge on any atom is 0.231 e. The first kappa shape index (κ1) is 19.3. The summed E-state index contributed by atoms with van der Waals surface area (Å²) in [4.78, 5) is 16.2. The molecule has 10 heteroatoms. The minimum atomic E-state index is 0.273. The van der Waals surface area contributed by atoms with E-state index in [0.29, 0.717) is 0 Å². The molecule has 3 aromatic heterocycles. The molecule has 0 bridgehead atoms. The van der Waals surface area contributed by atoms with Crippen LogP contribution in [0.25, 0.3) is 16.7 Å². The Balaban J connectivity index is 1.14. The lowest BCUT2D eigenvalue weighted by Crippen LogP contribution is -2.73. The highest BCUT2D eigenvalue weighted by Gasteiger charge is 2.53. The average Bonchev–Trinajstić information content (AvgIpc) is 3.27. The Morgan fingerprint density at radius 1 is 0.939 bits per heavy atom. The number of pyridine rings is 1. The number of benzene rings is 1. The van der Waals surface area contributed by atoms with Gasteiger partial charge in [0.2, 0.25) is 5.95 Å². The summed E-state index contributed by atoms with van der Waals surface area (Å²) in [6, 6.07) is 8.11. The van der Waals surface area contributed by atoms with Crippen molar-refractivity contribution in [1.29, 1.82) is 0 Å². The summed E-state index contributed by atoms with van der Waals surface area (Å²) < 4.78 is 4.26. The number of nitrogens with zero attached hydrogens (tertiary/aromatic N) is 9. The van der Waals surface area contributed by atoms with Gasteiger partial charge >= 0.3 is 0 Å². The normalized spacial score (nSPS) is 19.2. The Morgan fingerprint density at radius 2 is 1.76 bits per heavy atom. The SMILES string of the molecule is CN1Cc2cc(Cl)ccc2-n2c(nnc2N2CC3(CN(c4nccc5c4ncn5C)C3)C2)C1. The van der Waals surface area contributed by atoms with Crippen molar-refractivity contribution in [2.24, 2.45) is 12.5 Å². The third-order valence-electron chi connectivity index (χ3n) is 7.16. The van der Waals surface area contributed by atoms with E-state index >= 15 is 0 Å². The molecule has 0 aliphatic carbocycles. The fourth-order valence-corrected chi connectivity index (χ4v) is 5.84. The van der Waals surface area contributed by atoms with Crippen LogP contribution in [0.2, 0.25) is 5.02 Å². The maximum atomic E-state index is 6.30. The van der Waals surface area contributed by atoms with Gasteiger partial charge in [-0.15, -0.1) is 10.2 Å². The van der Waals surface area contributed by atoms with E-state index in [1.807, 2.05) is 36.3 Å². The van der Waals surface area contributed by atoms with Crippen LogP contribution in [0.5, 0.6) is 0 Å². The van der Waals surface area contributed by atoms with Crippen molar-refractivity contribution in [3.05, 3.63) is 53.2 Å². The highest BCUT2D eigenvalue weighted by Crippen LogP contribution is 2.44. The number of aryl methyl sites for hydroxylation is 1. The minimum Gasteiger partial charge on any atom is -0.353 e. The van der Waals surface area contributed by atoms with Crippen molar-refractivity contribution in [3.63, 3.8) is 0 Å². The molecule has 0 radical (unpaired) electrons. The van der Waals surface area contributed by atoms with Crippen LogP contribution < -0.4 is 9.80 Å². The smallest absolute Gasteiger partial charge is 0.231 e. The van der Waals surface area contributed by atoms with Gasteiger partial charge in [0.1, 0.15) is 5.52 Å². The predicted octanol–water partition coefficient (Wildman–Crippen LogP) is 2.47. The quantitative estimate of drug-likeness (QED) is 0.454. The Morgan fingerprint density at radius 3 is 2.61 bits per heavy atom. The Hall–Kier alpha value is -3.17. The van der Waals surface area contributed by atoms with Gasteiger partial charge in [-0.2, -0.15) is 0 Å². The number of hydrogen-bond acceptors (Lipinski definition) is 7. The molecule has 9 nitrogen and oxygen atoms in total. The van der Waals surface area contributed by atoms with Gasteiger partial charge in [-0.05, 0) is 36.9 Å². The van der Waals surface area contributed by atoms with E-state index in [-0.39, 0.29) is 5.41 Å². The van der Waals surface area contributed by atoms with Crippen LogP contribution in [-0.4, -0.2) is 67.4 Å². The molecule has 0 atom stereocenters. The zero-order chi connectivity index (χ0) is 22.3. The van der Waals surface area contributed by atoms with Crippen molar-refractivity contribution in [1.82, 2.24) is 34.2 Å². The first-order valence-electron chi connectivity index (χ1n) is 11.2. The molecule has 1 aromatic carbocycles. The largest absolute Gasteiger partial charge is 0.353 e. The molecule has 168 valence electrons. The van der Waals surface area contributed by atoms with Crippen LogP contribution in [0, 0.1) is 5.41 Å². The molecule has 4 aromatic rings. The second-order valence-corrected chi connectivity index (χ2v) is 10.2. The molecule has 6 heterocycles. The standard InChI is InChI=1S/C23H24ClN9/c1-29-8-15-7-16(24)3-4-17(15)33-19(9-29)27-28-22(33)32-12-23(13-32)10-31(11-23)21-20-18(5-6-25-21)30(2)14-26-20/h3-7,14H,8-13H2,1-2H3. The summed E-state index contributed by atoms with van der Waals surface area (Å²) in [7, 11) is 4.12. The highest BCUT2D eigenvalue weighted by molar-refractivity contribution is 6.30. The van der Waals surface area contributed by atoms with E-state index in [0.717, 1.165) is 78.6 Å². The van der Waals surface area contributed by atoms with Gasteiger partial charge in [0, 0.05) is 56.4 Å². The van der Waals surface area contributed by atoms with E-state index < -0.39 is 0 Å². The number of halogens is 1. The molecular formula is C23H24ClN9. The second-order valence-electron chi connectivity index (χ2n) is 9.77. The molecule has 3 aliphatic heterocycles. The highest BCUT2D eigenvalue weighted by atomic mass is 35.5. The summed E-state index contributed by atoms with van der Waals surface area (Å²) in [6.07, 6.45) is 3.74. The van der Waals surface area contributed by atoms with Crippen LogP contribution in [-0.2, 0) is 20.1 Å². The van der Waals surface area contributed by atoms with Crippen molar-refractivity contribution < 1.29 is 0 Å². The zero-order valence-corrected chi connectivity index (χ0v) is 19.4. The number of fused-ring (bicyclic) bond motifs is 4. The molecule has 2 fully saturated rings. The Bertz CT molecular complexity index is 1390. The topological polar surface area (TPSA) is 71.1 Å². The Labute approximate surface area is 196 Å². The molecule has 0 saturated carbocycles. The third kappa shape index (κ3) is 2.82. The van der Waals surface area contributed by atoms with E-state index in [4.69, 9.17) is 11.6 Å². The van der Waals surface area contributed by atoms with E-state index in [1.165, 1.54) is 5.56 Å². The van der Waals surface area contributed by atoms with Crippen LogP contribution in [0.3, 0.4) is 0 Å². The molecule has 2 saturated heterocycles. The lowest BCUT2D eigenvalue weighted by Gasteiger charge is -2.60. The van der Waals surface area contributed by atoms with Crippen molar-refractivity contribution in [3.8, 4) is 5.69 Å². The minimum absolute atomic E-state index is 0.273. The molecule has 0 amide bonds. The first-order chi connectivity index (χ1) is 16.0. The number of rotatable bonds is 2. The molecule has 1 spiro atoms. The van der Waals surface area contributed by atoms with Crippen LogP contribution in [0.15, 0.2) is 36.8 Å². The van der Waals surface area contributed by atoms with Crippen LogP contribution >= 0.6 is 11.6 Å². The monoisotopic (exact) mass is 461 g/mol. The summed E-state index contributed by atoms with van der Waals surface area (Å²) in [6.45, 7) is 5.51. The number of aromatic nitrogens is 6. The van der Waals surface area contributed by atoms with Gasteiger partial charge in [0.25, 0.3) is 0 Å². The van der Waals surface area contributed by atoms with Crippen LogP contribution in [0.4, 0.5) is 11.8 Å². The number of imidazole rings is 1. The maximum absolute atomic E-state index is 6.30. The zero-order valence-electron chi connectivity index (χ0n) is 18.6.